The number of amides is 2. The molecular formula is C25H33ClN2O2S. The van der Waals surface area contributed by atoms with Crippen LogP contribution in [0.3, 0.4) is 0 Å². The average molecular weight is 461 g/mol. The Morgan fingerprint density at radius 3 is 2.26 bits per heavy atom. The zero-order valence-electron chi connectivity index (χ0n) is 19.1. The van der Waals surface area contributed by atoms with Crippen molar-refractivity contribution in [2.45, 2.75) is 70.5 Å². The molecule has 0 aliphatic heterocycles. The Hall–Kier alpha value is -1.98. The third kappa shape index (κ3) is 8.96. The maximum absolute atomic E-state index is 13.1. The molecule has 2 aromatic rings. The van der Waals surface area contributed by atoms with Crippen molar-refractivity contribution in [2.24, 2.45) is 0 Å². The van der Waals surface area contributed by atoms with Gasteiger partial charge in [-0.25, -0.2) is 0 Å². The number of hydrogen-bond donors (Lipinski definition) is 1. The van der Waals surface area contributed by atoms with E-state index in [2.05, 4.69) is 5.32 Å². The van der Waals surface area contributed by atoms with E-state index in [1.54, 1.807) is 23.6 Å². The molecule has 31 heavy (non-hydrogen) atoms. The van der Waals surface area contributed by atoms with Gasteiger partial charge in [0.05, 0.1) is 0 Å². The van der Waals surface area contributed by atoms with Gasteiger partial charge in [-0.05, 0) is 76.6 Å². The molecule has 0 heterocycles. The Bertz CT molecular complexity index is 861. The largest absolute Gasteiger partial charge is 0.350 e. The van der Waals surface area contributed by atoms with Gasteiger partial charge in [-0.1, -0.05) is 41.4 Å². The zero-order valence-corrected chi connectivity index (χ0v) is 20.6. The maximum Gasteiger partial charge on any atom is 0.242 e. The number of nitrogens with one attached hydrogen (secondary N) is 1. The van der Waals surface area contributed by atoms with E-state index >= 15 is 0 Å². The molecule has 0 unspecified atom stereocenters. The van der Waals surface area contributed by atoms with Crippen LogP contribution in [0.1, 0.15) is 51.7 Å². The molecule has 0 fully saturated rings. The lowest BCUT2D eigenvalue weighted by Gasteiger charge is -2.31. The Morgan fingerprint density at radius 2 is 1.68 bits per heavy atom. The molecule has 1 atom stereocenters. The molecule has 1 N–H and O–H groups in total. The summed E-state index contributed by atoms with van der Waals surface area (Å²) in [5.41, 5.74) is 1.84. The van der Waals surface area contributed by atoms with Crippen molar-refractivity contribution in [1.82, 2.24) is 10.2 Å². The maximum atomic E-state index is 13.1. The fourth-order valence-corrected chi connectivity index (χ4v) is 4.01. The summed E-state index contributed by atoms with van der Waals surface area (Å²) >= 11 is 7.63. The molecule has 0 radical (unpaired) electrons. The summed E-state index contributed by atoms with van der Waals surface area (Å²) < 4.78 is 0. The van der Waals surface area contributed by atoms with Gasteiger partial charge in [-0.3, -0.25) is 9.59 Å². The third-order valence-corrected chi connectivity index (χ3v) is 6.11. The van der Waals surface area contributed by atoms with E-state index in [4.69, 9.17) is 11.6 Å². The highest BCUT2D eigenvalue weighted by Gasteiger charge is 2.28. The Morgan fingerprint density at radius 1 is 1.06 bits per heavy atom. The number of benzene rings is 2. The number of thioether (sulfide) groups is 1. The lowest BCUT2D eigenvalue weighted by atomic mass is 10.1. The van der Waals surface area contributed by atoms with E-state index in [9.17, 15) is 9.59 Å². The standard InChI is InChI=1S/C25H33ClN2O2S/c1-18-8-10-20(11-9-18)17-28(19(2)24(30)27-25(3,4)5)23(29)7-6-16-31-22-14-12-21(26)13-15-22/h8-15,19H,6-7,16-17H2,1-5H3,(H,27,30)/t19-/m0/s1. The van der Waals surface area contributed by atoms with Gasteiger partial charge < -0.3 is 10.2 Å². The lowest BCUT2D eigenvalue weighted by molar-refractivity contribution is -0.141. The number of hydrogen-bond acceptors (Lipinski definition) is 3. The fraction of sp³-hybridized carbons (Fsp3) is 0.440. The summed E-state index contributed by atoms with van der Waals surface area (Å²) in [6, 6.07) is 15.2. The SMILES string of the molecule is Cc1ccc(CN(C(=O)CCCSc2ccc(Cl)cc2)[C@@H](C)C(=O)NC(C)(C)C)cc1. The molecule has 2 amide bonds. The van der Waals surface area contributed by atoms with Crippen molar-refractivity contribution in [3.8, 4) is 0 Å². The van der Waals surface area contributed by atoms with Crippen LogP contribution < -0.4 is 5.32 Å². The van der Waals surface area contributed by atoms with E-state index in [1.165, 1.54) is 5.56 Å². The molecule has 0 saturated heterocycles. The van der Waals surface area contributed by atoms with Crippen molar-refractivity contribution in [1.29, 1.82) is 0 Å². The first-order chi connectivity index (χ1) is 14.5. The fourth-order valence-electron chi connectivity index (χ4n) is 3.03. The molecule has 0 aliphatic carbocycles. The highest BCUT2D eigenvalue weighted by Crippen LogP contribution is 2.22. The van der Waals surface area contributed by atoms with Gasteiger partial charge in [-0.2, -0.15) is 0 Å². The molecule has 2 rings (SSSR count). The normalized spacial score (nSPS) is 12.3. The van der Waals surface area contributed by atoms with E-state index in [-0.39, 0.29) is 17.4 Å². The molecule has 168 valence electrons. The van der Waals surface area contributed by atoms with Gasteiger partial charge in [0, 0.05) is 28.4 Å². The summed E-state index contributed by atoms with van der Waals surface area (Å²) in [5, 5.41) is 3.71. The highest BCUT2D eigenvalue weighted by molar-refractivity contribution is 7.99. The molecule has 0 saturated carbocycles. The van der Waals surface area contributed by atoms with Crippen LogP contribution >= 0.6 is 23.4 Å². The number of rotatable bonds is 9. The van der Waals surface area contributed by atoms with Crippen molar-refractivity contribution in [2.75, 3.05) is 5.75 Å². The molecule has 4 nitrogen and oxygen atoms in total. The van der Waals surface area contributed by atoms with Gasteiger partial charge in [0.2, 0.25) is 11.8 Å². The minimum Gasteiger partial charge on any atom is -0.350 e. The number of carbonyl (C=O) groups is 2. The van der Waals surface area contributed by atoms with Crippen molar-refractivity contribution in [3.63, 3.8) is 0 Å². The molecule has 0 spiro atoms. The highest BCUT2D eigenvalue weighted by atomic mass is 35.5. The van der Waals surface area contributed by atoms with Crippen LogP contribution in [-0.4, -0.2) is 34.0 Å². The monoisotopic (exact) mass is 460 g/mol. The second-order valence-electron chi connectivity index (χ2n) is 8.83. The number of carbonyl (C=O) groups excluding carboxylic acids is 2. The smallest absolute Gasteiger partial charge is 0.242 e. The van der Waals surface area contributed by atoms with Gasteiger partial charge in [0.15, 0.2) is 0 Å². The van der Waals surface area contributed by atoms with Crippen LogP contribution in [0.4, 0.5) is 0 Å². The number of nitrogens with zero attached hydrogens (tertiary/aromatic N) is 1. The van der Waals surface area contributed by atoms with E-state index in [0.29, 0.717) is 18.0 Å². The first-order valence-corrected chi connectivity index (χ1v) is 12.0. The van der Waals surface area contributed by atoms with E-state index in [1.807, 2.05) is 76.2 Å². The Kier molecular flexibility index (Phi) is 9.45. The second kappa shape index (κ2) is 11.6. The van der Waals surface area contributed by atoms with Crippen LogP contribution in [-0.2, 0) is 16.1 Å². The summed E-state index contributed by atoms with van der Waals surface area (Å²) in [6.07, 6.45) is 1.14. The van der Waals surface area contributed by atoms with Crippen molar-refractivity contribution >= 4 is 35.2 Å². The zero-order chi connectivity index (χ0) is 23.0. The number of halogens is 1. The lowest BCUT2D eigenvalue weighted by Crippen LogP contribution is -2.52. The first-order valence-electron chi connectivity index (χ1n) is 10.6. The first kappa shape index (κ1) is 25.3. The minimum atomic E-state index is -0.544. The van der Waals surface area contributed by atoms with Crippen LogP contribution in [0.5, 0.6) is 0 Å². The predicted molar refractivity (Wildman–Crippen MR) is 130 cm³/mol. The average Bonchev–Trinajstić information content (AvgIpc) is 2.70. The number of aryl methyl sites for hydroxylation is 1. The molecule has 0 bridgehead atoms. The summed E-state index contributed by atoms with van der Waals surface area (Å²) in [4.78, 5) is 28.7. The third-order valence-electron chi connectivity index (χ3n) is 4.76. The molecule has 2 aromatic carbocycles. The molecular weight excluding hydrogens is 428 g/mol. The molecule has 0 aliphatic rings. The van der Waals surface area contributed by atoms with Crippen LogP contribution in [0.25, 0.3) is 0 Å². The summed E-state index contributed by atoms with van der Waals surface area (Å²) in [6.45, 7) is 10.1. The van der Waals surface area contributed by atoms with Crippen LogP contribution in [0.15, 0.2) is 53.4 Å². The van der Waals surface area contributed by atoms with Gasteiger partial charge in [0.25, 0.3) is 0 Å². The quantitative estimate of drug-likeness (QED) is 0.377. The van der Waals surface area contributed by atoms with Gasteiger partial charge in [0.1, 0.15) is 6.04 Å². The van der Waals surface area contributed by atoms with Crippen LogP contribution in [0, 0.1) is 6.92 Å². The Labute approximate surface area is 195 Å². The van der Waals surface area contributed by atoms with Crippen molar-refractivity contribution < 1.29 is 9.59 Å². The summed E-state index contributed by atoms with van der Waals surface area (Å²) in [5.74, 6) is 0.686. The van der Waals surface area contributed by atoms with Crippen molar-refractivity contribution in [3.05, 3.63) is 64.7 Å². The minimum absolute atomic E-state index is 0.00570. The summed E-state index contributed by atoms with van der Waals surface area (Å²) in [7, 11) is 0. The van der Waals surface area contributed by atoms with Gasteiger partial charge >= 0.3 is 0 Å². The second-order valence-corrected chi connectivity index (χ2v) is 10.4. The molecule has 0 aromatic heterocycles. The molecule has 6 heteroatoms. The van der Waals surface area contributed by atoms with E-state index < -0.39 is 6.04 Å². The topological polar surface area (TPSA) is 49.4 Å². The van der Waals surface area contributed by atoms with Crippen LogP contribution in [0.2, 0.25) is 5.02 Å². The van der Waals surface area contributed by atoms with E-state index in [0.717, 1.165) is 22.6 Å². The Balaban J connectivity index is 2.01. The predicted octanol–water partition coefficient (Wildman–Crippen LogP) is 5.85. The van der Waals surface area contributed by atoms with Gasteiger partial charge in [-0.15, -0.1) is 11.8 Å².